The highest BCUT2D eigenvalue weighted by atomic mass is 32.1. The molecule has 2 amide bonds. The SMILES string of the molecule is CNc1snc(C)c1C(=O)NNC(=O)c1cc(-c2ccc(C)cc2)nc2ccccc12. The monoisotopic (exact) mass is 431 g/mol. The van der Waals surface area contributed by atoms with E-state index in [9.17, 15) is 9.59 Å². The maximum Gasteiger partial charge on any atom is 0.274 e. The van der Waals surface area contributed by atoms with E-state index >= 15 is 0 Å². The van der Waals surface area contributed by atoms with Gasteiger partial charge >= 0.3 is 0 Å². The van der Waals surface area contributed by atoms with Gasteiger partial charge in [0.15, 0.2) is 0 Å². The lowest BCUT2D eigenvalue weighted by atomic mass is 10.0. The summed E-state index contributed by atoms with van der Waals surface area (Å²) in [5.74, 6) is -0.853. The van der Waals surface area contributed by atoms with Gasteiger partial charge in [0.1, 0.15) is 5.00 Å². The van der Waals surface area contributed by atoms with Crippen LogP contribution >= 0.6 is 11.5 Å². The third-order valence-corrected chi connectivity index (χ3v) is 5.87. The Kier molecular flexibility index (Phi) is 5.64. The molecule has 0 fully saturated rings. The lowest BCUT2D eigenvalue weighted by Crippen LogP contribution is -2.42. The summed E-state index contributed by atoms with van der Waals surface area (Å²) < 4.78 is 4.18. The first-order chi connectivity index (χ1) is 15.0. The molecule has 4 rings (SSSR count). The molecule has 0 aliphatic rings. The van der Waals surface area contributed by atoms with E-state index in [-0.39, 0.29) is 0 Å². The number of hydrazine groups is 1. The third-order valence-electron chi connectivity index (χ3n) is 4.91. The van der Waals surface area contributed by atoms with E-state index in [1.54, 1.807) is 20.0 Å². The number of amides is 2. The van der Waals surface area contributed by atoms with E-state index in [2.05, 4.69) is 20.5 Å². The van der Waals surface area contributed by atoms with Crippen LogP contribution < -0.4 is 16.2 Å². The van der Waals surface area contributed by atoms with Gasteiger partial charge in [-0.25, -0.2) is 4.98 Å². The predicted molar refractivity (Wildman–Crippen MR) is 123 cm³/mol. The first-order valence-corrected chi connectivity index (χ1v) is 10.5. The number of aryl methyl sites for hydroxylation is 2. The number of rotatable bonds is 4. The van der Waals surface area contributed by atoms with Gasteiger partial charge in [-0.2, -0.15) is 4.37 Å². The van der Waals surface area contributed by atoms with Crippen molar-refractivity contribution >= 4 is 39.3 Å². The van der Waals surface area contributed by atoms with Crippen LogP contribution in [0.3, 0.4) is 0 Å². The number of nitrogens with one attached hydrogen (secondary N) is 3. The molecule has 0 radical (unpaired) electrons. The van der Waals surface area contributed by atoms with Gasteiger partial charge in [-0.1, -0.05) is 48.0 Å². The molecule has 4 aromatic rings. The summed E-state index contributed by atoms with van der Waals surface area (Å²) in [6, 6.07) is 17.1. The van der Waals surface area contributed by atoms with Crippen molar-refractivity contribution in [1.29, 1.82) is 0 Å². The molecule has 0 aliphatic heterocycles. The van der Waals surface area contributed by atoms with Crippen molar-refractivity contribution in [2.45, 2.75) is 13.8 Å². The molecule has 0 bridgehead atoms. The number of benzene rings is 2. The smallest absolute Gasteiger partial charge is 0.274 e. The van der Waals surface area contributed by atoms with Gasteiger partial charge in [0.25, 0.3) is 11.8 Å². The number of hydrogen-bond acceptors (Lipinski definition) is 6. The predicted octanol–water partition coefficient (Wildman–Crippen LogP) is 4.09. The van der Waals surface area contributed by atoms with Gasteiger partial charge in [-0.15, -0.1) is 0 Å². The average molecular weight is 432 g/mol. The minimum atomic E-state index is -0.430. The first-order valence-electron chi connectivity index (χ1n) is 9.69. The second kappa shape index (κ2) is 8.53. The second-order valence-electron chi connectivity index (χ2n) is 7.07. The molecule has 0 aliphatic carbocycles. The first kappa shape index (κ1) is 20.5. The Bertz CT molecular complexity index is 1280. The largest absolute Gasteiger partial charge is 0.378 e. The van der Waals surface area contributed by atoms with Crippen LogP contribution in [0.15, 0.2) is 54.6 Å². The molecular formula is C23H21N5O2S. The van der Waals surface area contributed by atoms with Crippen LogP contribution in [0.1, 0.15) is 32.0 Å². The lowest BCUT2D eigenvalue weighted by Gasteiger charge is -2.12. The molecular weight excluding hydrogens is 410 g/mol. The average Bonchev–Trinajstić information content (AvgIpc) is 3.17. The number of aromatic nitrogens is 2. The van der Waals surface area contributed by atoms with E-state index in [1.807, 2.05) is 55.5 Å². The number of para-hydroxylation sites is 1. The summed E-state index contributed by atoms with van der Waals surface area (Å²) >= 11 is 1.19. The van der Waals surface area contributed by atoms with Crippen LogP contribution in [0, 0.1) is 13.8 Å². The Labute approximate surface area is 183 Å². The van der Waals surface area contributed by atoms with Gasteiger partial charge in [-0.3, -0.25) is 20.4 Å². The van der Waals surface area contributed by atoms with Crippen LogP contribution in [0.2, 0.25) is 0 Å². The summed E-state index contributed by atoms with van der Waals surface area (Å²) in [6.07, 6.45) is 0. The van der Waals surface area contributed by atoms with Crippen molar-refractivity contribution in [3.8, 4) is 11.3 Å². The molecule has 0 atom stereocenters. The van der Waals surface area contributed by atoms with Gasteiger partial charge in [0.2, 0.25) is 0 Å². The fraction of sp³-hybridized carbons (Fsp3) is 0.130. The number of pyridine rings is 1. The molecule has 3 N–H and O–H groups in total. The molecule has 0 saturated heterocycles. The number of nitrogens with zero attached hydrogens (tertiary/aromatic N) is 2. The minimum absolute atomic E-state index is 0.410. The molecule has 2 heterocycles. The zero-order valence-electron chi connectivity index (χ0n) is 17.3. The lowest BCUT2D eigenvalue weighted by molar-refractivity contribution is 0.0847. The molecule has 2 aromatic heterocycles. The molecule has 0 spiro atoms. The van der Waals surface area contributed by atoms with Crippen molar-refractivity contribution in [2.24, 2.45) is 0 Å². The summed E-state index contributed by atoms with van der Waals surface area (Å²) in [5.41, 5.74) is 9.90. The van der Waals surface area contributed by atoms with E-state index in [1.165, 1.54) is 11.5 Å². The number of carbonyl (C=O) groups is 2. The van der Waals surface area contributed by atoms with Crippen LogP contribution in [0.4, 0.5) is 5.00 Å². The van der Waals surface area contributed by atoms with E-state index in [4.69, 9.17) is 4.98 Å². The summed E-state index contributed by atoms with van der Waals surface area (Å²) in [5, 5.41) is 4.29. The molecule has 0 unspecified atom stereocenters. The Morgan fingerprint density at radius 2 is 1.65 bits per heavy atom. The summed E-state index contributed by atoms with van der Waals surface area (Å²) in [7, 11) is 1.72. The normalized spacial score (nSPS) is 10.7. The molecule has 8 heteroatoms. The van der Waals surface area contributed by atoms with Gasteiger partial charge in [0, 0.05) is 18.0 Å². The van der Waals surface area contributed by atoms with E-state index in [0.717, 1.165) is 11.1 Å². The molecule has 2 aromatic carbocycles. The van der Waals surface area contributed by atoms with Crippen molar-refractivity contribution in [3.05, 3.63) is 77.0 Å². The third kappa shape index (κ3) is 4.10. The number of hydrogen-bond donors (Lipinski definition) is 3. The van der Waals surface area contributed by atoms with Crippen LogP contribution in [0.25, 0.3) is 22.2 Å². The van der Waals surface area contributed by atoms with Crippen LogP contribution in [-0.4, -0.2) is 28.2 Å². The van der Waals surface area contributed by atoms with E-state index < -0.39 is 11.8 Å². The Morgan fingerprint density at radius 3 is 2.39 bits per heavy atom. The van der Waals surface area contributed by atoms with Crippen molar-refractivity contribution < 1.29 is 9.59 Å². The fourth-order valence-electron chi connectivity index (χ4n) is 3.29. The Balaban J connectivity index is 1.65. The van der Waals surface area contributed by atoms with Gasteiger partial charge < -0.3 is 5.32 Å². The van der Waals surface area contributed by atoms with Gasteiger partial charge in [-0.05, 0) is 37.5 Å². The van der Waals surface area contributed by atoms with Gasteiger partial charge in [0.05, 0.1) is 28.0 Å². The highest BCUT2D eigenvalue weighted by Crippen LogP contribution is 2.26. The Hall–Kier alpha value is -3.78. The van der Waals surface area contributed by atoms with Crippen LogP contribution in [0.5, 0.6) is 0 Å². The van der Waals surface area contributed by atoms with Crippen molar-refractivity contribution in [2.75, 3.05) is 12.4 Å². The maximum absolute atomic E-state index is 13.0. The standard InChI is InChI=1S/C23H21N5O2S/c1-13-8-10-15(11-9-13)19-12-17(16-6-4-5-7-18(16)25-19)21(29)26-27-22(30)20-14(2)28-31-23(20)24-3/h4-12,24H,1-3H3,(H,26,29)(H,27,30). The van der Waals surface area contributed by atoms with Crippen molar-refractivity contribution in [3.63, 3.8) is 0 Å². The number of anilines is 1. The number of carbonyl (C=O) groups excluding carboxylic acids is 2. The maximum atomic E-state index is 13.0. The number of fused-ring (bicyclic) bond motifs is 1. The minimum Gasteiger partial charge on any atom is -0.378 e. The second-order valence-corrected chi connectivity index (χ2v) is 7.84. The highest BCUT2D eigenvalue weighted by molar-refractivity contribution is 7.10. The van der Waals surface area contributed by atoms with E-state index in [0.29, 0.717) is 38.4 Å². The molecule has 0 saturated carbocycles. The summed E-state index contributed by atoms with van der Waals surface area (Å²) in [4.78, 5) is 30.3. The zero-order valence-corrected chi connectivity index (χ0v) is 18.1. The topological polar surface area (TPSA) is 96.0 Å². The van der Waals surface area contributed by atoms with Crippen molar-refractivity contribution in [1.82, 2.24) is 20.2 Å². The zero-order chi connectivity index (χ0) is 22.0. The molecule has 31 heavy (non-hydrogen) atoms. The molecule has 7 nitrogen and oxygen atoms in total. The Morgan fingerprint density at radius 1 is 0.935 bits per heavy atom. The highest BCUT2D eigenvalue weighted by Gasteiger charge is 2.19. The quantitative estimate of drug-likeness (QED) is 0.423. The van der Waals surface area contributed by atoms with Crippen LogP contribution in [-0.2, 0) is 0 Å². The summed E-state index contributed by atoms with van der Waals surface area (Å²) in [6.45, 7) is 3.77. The molecule has 156 valence electrons. The fourth-order valence-corrected chi connectivity index (χ4v) is 4.03.